The van der Waals surface area contributed by atoms with Gasteiger partial charge in [-0.3, -0.25) is 14.2 Å². The minimum absolute atomic E-state index is 0.101. The van der Waals surface area contributed by atoms with Crippen molar-refractivity contribution in [2.45, 2.75) is 25.8 Å². The van der Waals surface area contributed by atoms with Crippen molar-refractivity contribution in [2.75, 3.05) is 46.1 Å². The Morgan fingerprint density at radius 3 is 2.34 bits per heavy atom. The zero-order valence-corrected chi connectivity index (χ0v) is 22.2. The van der Waals surface area contributed by atoms with Crippen molar-refractivity contribution in [1.29, 1.82) is 0 Å². The molecule has 1 aliphatic heterocycles. The average Bonchev–Trinajstić information content (AvgIpc) is 2.91. The lowest BCUT2D eigenvalue weighted by atomic mass is 10.2. The van der Waals surface area contributed by atoms with Gasteiger partial charge in [0, 0.05) is 37.8 Å². The van der Waals surface area contributed by atoms with E-state index in [1.54, 1.807) is 24.3 Å². The van der Waals surface area contributed by atoms with Crippen LogP contribution >= 0.6 is 7.60 Å². The number of piperazine rings is 1. The summed E-state index contributed by atoms with van der Waals surface area (Å²) in [4.78, 5) is 69.0. The third-order valence-corrected chi connectivity index (χ3v) is 6.61. The maximum absolute atomic E-state index is 13.2. The predicted octanol–water partition coefficient (Wildman–Crippen LogP) is 1.51. The molecule has 206 valence electrons. The molecule has 1 aromatic heterocycles. The summed E-state index contributed by atoms with van der Waals surface area (Å²) in [5, 5.41) is 2.41. The fourth-order valence-electron chi connectivity index (χ4n) is 3.74. The number of hydrogen-bond acceptors (Lipinski definition) is 8. The van der Waals surface area contributed by atoms with Gasteiger partial charge in [0.2, 0.25) is 11.8 Å². The van der Waals surface area contributed by atoms with Gasteiger partial charge < -0.3 is 34.4 Å². The summed E-state index contributed by atoms with van der Waals surface area (Å²) in [6.45, 7) is 2.91. The first-order valence-corrected chi connectivity index (χ1v) is 14.0. The van der Waals surface area contributed by atoms with Crippen LogP contribution in [-0.2, 0) is 14.1 Å². The van der Waals surface area contributed by atoms with Crippen LogP contribution in [0.5, 0.6) is 5.88 Å². The summed E-state index contributed by atoms with van der Waals surface area (Å²) >= 11 is 0. The number of methoxy groups -OCH3 is 1. The number of benzene rings is 1. The second kappa shape index (κ2) is 13.3. The van der Waals surface area contributed by atoms with Gasteiger partial charge in [-0.05, 0) is 6.42 Å². The summed E-state index contributed by atoms with van der Waals surface area (Å²) in [6.07, 6.45) is 0.263. The summed E-state index contributed by atoms with van der Waals surface area (Å²) in [5.41, 5.74) is 0.480. The second-order valence-corrected chi connectivity index (χ2v) is 10.3. The minimum atomic E-state index is -4.70. The molecule has 13 nitrogen and oxygen atoms in total. The highest BCUT2D eigenvalue weighted by atomic mass is 31.2. The zero-order valence-electron chi connectivity index (χ0n) is 21.3. The van der Waals surface area contributed by atoms with Crippen LogP contribution in [0.25, 0.3) is 11.4 Å². The number of unbranched alkanes of at least 4 members (excludes halogenated alkanes) is 1. The minimum Gasteiger partial charge on any atom is -0.481 e. The molecule has 1 aromatic carbocycles. The molecular weight excluding hydrogens is 517 g/mol. The summed E-state index contributed by atoms with van der Waals surface area (Å²) in [5.74, 6) is -1.20. The van der Waals surface area contributed by atoms with Crippen LogP contribution in [0.3, 0.4) is 0 Å². The van der Waals surface area contributed by atoms with Crippen molar-refractivity contribution < 1.29 is 38.2 Å². The molecule has 3 N–H and O–H groups in total. The number of amides is 3. The van der Waals surface area contributed by atoms with E-state index in [4.69, 9.17) is 9.47 Å². The van der Waals surface area contributed by atoms with Gasteiger partial charge in [0.05, 0.1) is 19.9 Å². The predicted molar refractivity (Wildman–Crippen MR) is 137 cm³/mol. The second-order valence-electron chi connectivity index (χ2n) is 8.64. The first-order chi connectivity index (χ1) is 18.1. The molecule has 1 saturated heterocycles. The van der Waals surface area contributed by atoms with E-state index >= 15 is 0 Å². The van der Waals surface area contributed by atoms with Gasteiger partial charge in [-0.15, -0.1) is 0 Å². The zero-order chi connectivity index (χ0) is 27.7. The van der Waals surface area contributed by atoms with Crippen molar-refractivity contribution >= 4 is 25.5 Å². The fourth-order valence-corrected chi connectivity index (χ4v) is 4.47. The Balaban J connectivity index is 1.73. The molecule has 1 aliphatic rings. The van der Waals surface area contributed by atoms with Gasteiger partial charge in [-0.1, -0.05) is 43.7 Å². The Morgan fingerprint density at radius 2 is 1.74 bits per heavy atom. The molecule has 1 atom stereocenters. The summed E-state index contributed by atoms with van der Waals surface area (Å²) < 4.78 is 22.2. The molecule has 1 fully saturated rings. The smallest absolute Gasteiger partial charge is 0.409 e. The van der Waals surface area contributed by atoms with E-state index in [9.17, 15) is 28.7 Å². The van der Waals surface area contributed by atoms with Crippen LogP contribution in [0.4, 0.5) is 4.79 Å². The molecule has 0 bridgehead atoms. The number of carbonyl (C=O) groups excluding carboxylic acids is 3. The molecular formula is C24H32N5O8P. The monoisotopic (exact) mass is 549 g/mol. The van der Waals surface area contributed by atoms with Gasteiger partial charge in [-0.25, -0.2) is 9.78 Å². The highest BCUT2D eigenvalue weighted by molar-refractivity contribution is 7.51. The first kappa shape index (κ1) is 29.0. The van der Waals surface area contributed by atoms with E-state index in [0.29, 0.717) is 12.2 Å². The van der Waals surface area contributed by atoms with E-state index < -0.39 is 37.7 Å². The van der Waals surface area contributed by atoms with Crippen molar-refractivity contribution in [3.8, 4) is 17.3 Å². The first-order valence-electron chi connectivity index (χ1n) is 12.2. The van der Waals surface area contributed by atoms with E-state index in [1.165, 1.54) is 23.0 Å². The average molecular weight is 550 g/mol. The normalized spacial score (nSPS) is 14.5. The molecule has 0 aliphatic carbocycles. The number of nitrogens with zero attached hydrogens (tertiary/aromatic N) is 4. The topological polar surface area (TPSA) is 171 Å². The highest BCUT2D eigenvalue weighted by Gasteiger charge is 2.35. The van der Waals surface area contributed by atoms with Crippen LogP contribution in [0.2, 0.25) is 0 Å². The van der Waals surface area contributed by atoms with Gasteiger partial charge in [0.15, 0.2) is 5.82 Å². The number of rotatable bonds is 10. The molecule has 3 amide bonds. The molecule has 3 rings (SSSR count). The van der Waals surface area contributed by atoms with E-state index in [2.05, 4.69) is 15.3 Å². The quantitative estimate of drug-likeness (QED) is 0.291. The Hall–Kier alpha value is -3.54. The maximum atomic E-state index is 13.2. The molecule has 38 heavy (non-hydrogen) atoms. The third-order valence-electron chi connectivity index (χ3n) is 5.77. The number of aromatic nitrogens is 2. The molecule has 1 unspecified atom stereocenters. The van der Waals surface area contributed by atoms with Crippen LogP contribution in [0.1, 0.15) is 30.3 Å². The Labute approximate surface area is 220 Å². The molecule has 14 heteroatoms. The molecule has 2 aromatic rings. The van der Waals surface area contributed by atoms with Crippen molar-refractivity contribution in [1.82, 2.24) is 25.1 Å². The number of nitrogens with one attached hydrogen (secondary N) is 1. The van der Waals surface area contributed by atoms with Gasteiger partial charge in [0.25, 0.3) is 5.91 Å². The largest absolute Gasteiger partial charge is 0.481 e. The molecule has 2 heterocycles. The standard InChI is InChI=1S/C24H32N5O8P/c1-3-4-14-37-24(32)29-12-10-28(11-13-29)23(31)19(16-38(33,34)35)26-22(30)18-15-20(36-2)27-21(25-18)17-8-6-5-7-9-17/h5-9,15,19H,3-4,10-14,16H2,1-2H3,(H,26,30)(H2,33,34,35). The number of hydrogen-bond donors (Lipinski definition) is 3. The van der Waals surface area contributed by atoms with Crippen molar-refractivity contribution in [3.05, 3.63) is 42.1 Å². The summed E-state index contributed by atoms with van der Waals surface area (Å²) in [7, 11) is -3.32. The van der Waals surface area contributed by atoms with Crippen molar-refractivity contribution in [3.63, 3.8) is 0 Å². The highest BCUT2D eigenvalue weighted by Crippen LogP contribution is 2.35. The fraction of sp³-hybridized carbons (Fsp3) is 0.458. The molecule has 0 saturated carbocycles. The SMILES string of the molecule is CCCCOC(=O)N1CCN(C(=O)C(CP(=O)(O)O)NC(=O)c2cc(OC)nc(-c3ccccc3)n2)CC1. The lowest BCUT2D eigenvalue weighted by molar-refractivity contribution is -0.134. The van der Waals surface area contributed by atoms with E-state index in [-0.39, 0.29) is 43.6 Å². The maximum Gasteiger partial charge on any atom is 0.409 e. The van der Waals surface area contributed by atoms with Gasteiger partial charge in [-0.2, -0.15) is 4.98 Å². The lowest BCUT2D eigenvalue weighted by Gasteiger charge is -2.36. The number of ether oxygens (including phenoxy) is 2. The van der Waals surface area contributed by atoms with Crippen LogP contribution in [-0.4, -0.2) is 99.6 Å². The Morgan fingerprint density at radius 1 is 1.08 bits per heavy atom. The lowest BCUT2D eigenvalue weighted by Crippen LogP contribution is -2.56. The Bertz CT molecular complexity index is 1170. The van der Waals surface area contributed by atoms with Crippen LogP contribution in [0.15, 0.2) is 36.4 Å². The third kappa shape index (κ3) is 8.23. The molecule has 0 radical (unpaired) electrons. The Kier molecular flexibility index (Phi) is 10.2. The molecule has 0 spiro atoms. The van der Waals surface area contributed by atoms with E-state index in [0.717, 1.165) is 12.8 Å². The van der Waals surface area contributed by atoms with Crippen LogP contribution < -0.4 is 10.1 Å². The van der Waals surface area contributed by atoms with E-state index in [1.807, 2.05) is 13.0 Å². The van der Waals surface area contributed by atoms with Gasteiger partial charge in [0.1, 0.15) is 11.7 Å². The van der Waals surface area contributed by atoms with Gasteiger partial charge >= 0.3 is 13.7 Å². The van der Waals surface area contributed by atoms with Crippen molar-refractivity contribution in [2.24, 2.45) is 0 Å². The van der Waals surface area contributed by atoms with Crippen LogP contribution in [0, 0.1) is 0 Å². The summed E-state index contributed by atoms with van der Waals surface area (Å²) in [6, 6.07) is 8.60. The number of carbonyl (C=O) groups is 3.